The van der Waals surface area contributed by atoms with Gasteiger partial charge >= 0.3 is 0 Å². The molecule has 0 saturated carbocycles. The van der Waals surface area contributed by atoms with E-state index in [2.05, 4.69) is 20.0 Å². The SMILES string of the molecule is CS(=O)(=O)c1nc2c(c(=O)[nH]1)CN(Cc1cnn(-c3ccccc3)c1)CC2. The van der Waals surface area contributed by atoms with E-state index < -0.39 is 9.84 Å². The van der Waals surface area contributed by atoms with E-state index in [1.165, 1.54) is 0 Å². The summed E-state index contributed by atoms with van der Waals surface area (Å²) in [6.07, 6.45) is 5.36. The molecule has 0 spiro atoms. The van der Waals surface area contributed by atoms with Gasteiger partial charge in [0.1, 0.15) is 0 Å². The number of rotatable bonds is 4. The topological polar surface area (TPSA) is 101 Å². The summed E-state index contributed by atoms with van der Waals surface area (Å²) in [4.78, 5) is 21.0. The van der Waals surface area contributed by atoms with Gasteiger partial charge in [-0.25, -0.2) is 18.1 Å². The highest BCUT2D eigenvalue weighted by Crippen LogP contribution is 2.18. The van der Waals surface area contributed by atoms with Crippen molar-refractivity contribution in [3.63, 3.8) is 0 Å². The van der Waals surface area contributed by atoms with Gasteiger partial charge in [0.25, 0.3) is 5.56 Å². The lowest BCUT2D eigenvalue weighted by molar-refractivity contribution is 0.241. The predicted molar refractivity (Wildman–Crippen MR) is 99.3 cm³/mol. The second-order valence-corrected chi connectivity index (χ2v) is 8.59. The lowest BCUT2D eigenvalue weighted by Crippen LogP contribution is -2.36. The first-order valence-corrected chi connectivity index (χ1v) is 10.4. The number of para-hydroxylation sites is 1. The molecule has 0 saturated heterocycles. The van der Waals surface area contributed by atoms with Gasteiger partial charge < -0.3 is 0 Å². The van der Waals surface area contributed by atoms with Crippen molar-refractivity contribution in [2.75, 3.05) is 12.8 Å². The number of hydrogen-bond acceptors (Lipinski definition) is 6. The molecule has 8 nitrogen and oxygen atoms in total. The molecule has 1 aromatic carbocycles. The largest absolute Gasteiger partial charge is 0.297 e. The Morgan fingerprint density at radius 3 is 2.74 bits per heavy atom. The Labute approximate surface area is 156 Å². The van der Waals surface area contributed by atoms with Gasteiger partial charge in [-0.1, -0.05) is 18.2 Å². The molecule has 9 heteroatoms. The first-order valence-electron chi connectivity index (χ1n) is 8.53. The Balaban J connectivity index is 1.53. The molecule has 0 radical (unpaired) electrons. The summed E-state index contributed by atoms with van der Waals surface area (Å²) in [6.45, 7) is 1.78. The van der Waals surface area contributed by atoms with Gasteiger partial charge in [-0.05, 0) is 12.1 Å². The minimum atomic E-state index is -3.54. The van der Waals surface area contributed by atoms with Gasteiger partial charge in [0.15, 0.2) is 0 Å². The van der Waals surface area contributed by atoms with Crippen molar-refractivity contribution in [1.29, 1.82) is 0 Å². The molecule has 0 unspecified atom stereocenters. The summed E-state index contributed by atoms with van der Waals surface area (Å²) in [6, 6.07) is 9.85. The first-order chi connectivity index (χ1) is 12.9. The molecule has 27 heavy (non-hydrogen) atoms. The van der Waals surface area contributed by atoms with Crippen molar-refractivity contribution < 1.29 is 8.42 Å². The second kappa shape index (κ2) is 6.75. The standard InChI is InChI=1S/C18H19N5O3S/c1-27(25,26)18-20-16-7-8-22(12-15(16)17(24)21-18)10-13-9-19-23(11-13)14-5-3-2-4-6-14/h2-6,9,11H,7-8,10,12H2,1H3,(H,20,21,24). The number of nitrogens with one attached hydrogen (secondary N) is 1. The molecular weight excluding hydrogens is 366 g/mol. The lowest BCUT2D eigenvalue weighted by atomic mass is 10.1. The third-order valence-corrected chi connectivity index (χ3v) is 5.44. The van der Waals surface area contributed by atoms with Crippen LogP contribution < -0.4 is 5.56 Å². The molecule has 3 aromatic rings. The van der Waals surface area contributed by atoms with Gasteiger partial charge in [-0.15, -0.1) is 0 Å². The number of aromatic nitrogens is 4. The minimum absolute atomic E-state index is 0.260. The van der Waals surface area contributed by atoms with Crippen molar-refractivity contribution in [3.8, 4) is 5.69 Å². The summed E-state index contributed by atoms with van der Waals surface area (Å²) in [5.41, 5.74) is 2.74. The number of benzene rings is 1. The van der Waals surface area contributed by atoms with E-state index >= 15 is 0 Å². The molecular formula is C18H19N5O3S. The summed E-state index contributed by atoms with van der Waals surface area (Å²) in [5.74, 6) is 0. The Morgan fingerprint density at radius 2 is 2.00 bits per heavy atom. The smallest absolute Gasteiger partial charge is 0.256 e. The van der Waals surface area contributed by atoms with Gasteiger partial charge in [0, 0.05) is 44.1 Å². The van der Waals surface area contributed by atoms with Crippen molar-refractivity contribution in [2.24, 2.45) is 0 Å². The molecule has 1 aliphatic rings. The van der Waals surface area contributed by atoms with Crippen LogP contribution in [0.3, 0.4) is 0 Å². The molecule has 4 rings (SSSR count). The molecule has 1 aliphatic heterocycles. The molecule has 2 aromatic heterocycles. The molecule has 0 aliphatic carbocycles. The third kappa shape index (κ3) is 3.69. The van der Waals surface area contributed by atoms with Gasteiger partial charge in [-0.2, -0.15) is 5.10 Å². The zero-order chi connectivity index (χ0) is 19.0. The molecule has 0 bridgehead atoms. The fraction of sp³-hybridized carbons (Fsp3) is 0.278. The molecule has 0 atom stereocenters. The second-order valence-electron chi connectivity index (χ2n) is 6.66. The number of H-pyrrole nitrogens is 1. The predicted octanol–water partition coefficient (Wildman–Crippen LogP) is 0.917. The van der Waals surface area contributed by atoms with Crippen LogP contribution in [-0.4, -0.2) is 45.9 Å². The zero-order valence-corrected chi connectivity index (χ0v) is 15.6. The fourth-order valence-corrected chi connectivity index (χ4v) is 3.74. The Bertz CT molecular complexity index is 1140. The maximum Gasteiger partial charge on any atom is 0.256 e. The van der Waals surface area contributed by atoms with Crippen LogP contribution in [0.4, 0.5) is 0 Å². The number of nitrogens with zero attached hydrogens (tertiary/aromatic N) is 4. The van der Waals surface area contributed by atoms with E-state index in [0.29, 0.717) is 37.3 Å². The number of hydrogen-bond donors (Lipinski definition) is 1. The average Bonchev–Trinajstić information content (AvgIpc) is 3.10. The van der Waals surface area contributed by atoms with Crippen molar-refractivity contribution in [2.45, 2.75) is 24.7 Å². The van der Waals surface area contributed by atoms with Crippen molar-refractivity contribution in [1.82, 2.24) is 24.6 Å². The molecule has 0 amide bonds. The quantitative estimate of drug-likeness (QED) is 0.670. The highest BCUT2D eigenvalue weighted by Gasteiger charge is 2.23. The van der Waals surface area contributed by atoms with Gasteiger partial charge in [-0.3, -0.25) is 14.7 Å². The van der Waals surface area contributed by atoms with Crippen LogP contribution in [-0.2, 0) is 29.3 Å². The minimum Gasteiger partial charge on any atom is -0.297 e. The third-order valence-electron chi connectivity index (χ3n) is 4.54. The Hall–Kier alpha value is -2.78. The van der Waals surface area contributed by atoms with E-state index in [1.54, 1.807) is 0 Å². The maximum absolute atomic E-state index is 12.3. The normalized spacial score (nSPS) is 14.9. The molecule has 0 fully saturated rings. The van der Waals surface area contributed by atoms with Crippen LogP contribution in [0.15, 0.2) is 52.7 Å². The van der Waals surface area contributed by atoms with Crippen molar-refractivity contribution in [3.05, 3.63) is 69.9 Å². The number of sulfone groups is 1. The van der Waals surface area contributed by atoms with E-state index in [9.17, 15) is 13.2 Å². The Kier molecular flexibility index (Phi) is 4.40. The van der Waals surface area contributed by atoms with Crippen LogP contribution in [0.5, 0.6) is 0 Å². The van der Waals surface area contributed by atoms with Crippen LogP contribution in [0.1, 0.15) is 16.8 Å². The summed E-state index contributed by atoms with van der Waals surface area (Å²) < 4.78 is 25.1. The van der Waals surface area contributed by atoms with Gasteiger partial charge in [0.05, 0.1) is 23.1 Å². The zero-order valence-electron chi connectivity index (χ0n) is 14.8. The van der Waals surface area contributed by atoms with E-state index in [0.717, 1.165) is 17.5 Å². The first kappa shape index (κ1) is 17.6. The van der Waals surface area contributed by atoms with Crippen LogP contribution in [0, 0.1) is 0 Å². The molecule has 3 heterocycles. The summed E-state index contributed by atoms with van der Waals surface area (Å²) in [7, 11) is -3.54. The Morgan fingerprint density at radius 1 is 1.22 bits per heavy atom. The van der Waals surface area contributed by atoms with Crippen molar-refractivity contribution >= 4 is 9.84 Å². The molecule has 1 N–H and O–H groups in total. The fourth-order valence-electron chi connectivity index (χ4n) is 3.19. The maximum atomic E-state index is 12.3. The number of fused-ring (bicyclic) bond motifs is 1. The van der Waals surface area contributed by atoms with Crippen LogP contribution in [0.2, 0.25) is 0 Å². The highest BCUT2D eigenvalue weighted by molar-refractivity contribution is 7.90. The van der Waals surface area contributed by atoms with Crippen LogP contribution >= 0.6 is 0 Å². The monoisotopic (exact) mass is 385 g/mol. The van der Waals surface area contributed by atoms with Gasteiger partial charge in [0.2, 0.25) is 15.0 Å². The van der Waals surface area contributed by atoms with E-state index in [1.807, 2.05) is 47.4 Å². The summed E-state index contributed by atoms with van der Waals surface area (Å²) >= 11 is 0. The number of aromatic amines is 1. The van der Waals surface area contributed by atoms with E-state index in [4.69, 9.17) is 0 Å². The summed E-state index contributed by atoms with van der Waals surface area (Å²) in [5, 5.41) is 4.14. The molecule has 140 valence electrons. The van der Waals surface area contributed by atoms with Crippen LogP contribution in [0.25, 0.3) is 5.69 Å². The average molecular weight is 385 g/mol. The highest BCUT2D eigenvalue weighted by atomic mass is 32.2. The van der Waals surface area contributed by atoms with E-state index in [-0.39, 0.29) is 10.7 Å². The lowest BCUT2D eigenvalue weighted by Gasteiger charge is -2.27.